The van der Waals surface area contributed by atoms with Crippen molar-refractivity contribution in [2.45, 2.75) is 71.2 Å². The Labute approximate surface area is 200 Å². The van der Waals surface area contributed by atoms with E-state index in [1.165, 1.54) is 31.4 Å². The zero-order valence-electron chi connectivity index (χ0n) is 19.9. The molecule has 0 bridgehead atoms. The summed E-state index contributed by atoms with van der Waals surface area (Å²) in [5.41, 5.74) is 1.80. The van der Waals surface area contributed by atoms with Crippen LogP contribution in [0.4, 0.5) is 0 Å². The molecule has 174 valence electrons. The van der Waals surface area contributed by atoms with Crippen LogP contribution in [0.5, 0.6) is 0 Å². The van der Waals surface area contributed by atoms with Gasteiger partial charge in [0, 0.05) is 24.2 Å². The lowest BCUT2D eigenvalue weighted by Crippen LogP contribution is -2.52. The number of rotatable bonds is 9. The Morgan fingerprint density at radius 2 is 1.97 bits per heavy atom. The highest BCUT2D eigenvalue weighted by Crippen LogP contribution is 2.41. The van der Waals surface area contributed by atoms with E-state index in [2.05, 4.69) is 74.4 Å². The molecule has 2 unspecified atom stereocenters. The van der Waals surface area contributed by atoms with Crippen molar-refractivity contribution < 1.29 is 0 Å². The van der Waals surface area contributed by atoms with Gasteiger partial charge < -0.3 is 10.2 Å². The summed E-state index contributed by atoms with van der Waals surface area (Å²) in [4.78, 5) is 2.70. The van der Waals surface area contributed by atoms with Gasteiger partial charge in [0.15, 0.2) is 0 Å². The molecule has 1 fully saturated rings. The lowest BCUT2D eigenvalue weighted by atomic mass is 9.69. The molecule has 0 spiro atoms. The van der Waals surface area contributed by atoms with Crippen LogP contribution in [0.15, 0.2) is 47.1 Å². The van der Waals surface area contributed by atoms with E-state index in [4.69, 9.17) is 23.2 Å². The van der Waals surface area contributed by atoms with Crippen molar-refractivity contribution in [3.8, 4) is 0 Å². The van der Waals surface area contributed by atoms with Crippen molar-refractivity contribution in [2.24, 2.45) is 23.2 Å². The van der Waals surface area contributed by atoms with E-state index < -0.39 is 0 Å². The summed E-state index contributed by atoms with van der Waals surface area (Å²) in [7, 11) is 0. The molecule has 0 amide bonds. The molecule has 0 aromatic rings. The second kappa shape index (κ2) is 11.5. The molecule has 1 saturated heterocycles. The average molecular weight is 466 g/mol. The van der Waals surface area contributed by atoms with Gasteiger partial charge in [0.25, 0.3) is 0 Å². The predicted molar refractivity (Wildman–Crippen MR) is 137 cm³/mol. The highest BCUT2D eigenvalue weighted by Gasteiger charge is 2.38. The topological polar surface area (TPSA) is 15.3 Å². The van der Waals surface area contributed by atoms with Gasteiger partial charge in [-0.05, 0) is 80.0 Å². The molecule has 0 radical (unpaired) electrons. The van der Waals surface area contributed by atoms with Gasteiger partial charge in [0.2, 0.25) is 0 Å². The van der Waals surface area contributed by atoms with Crippen molar-refractivity contribution in [3.63, 3.8) is 0 Å². The van der Waals surface area contributed by atoms with E-state index in [0.29, 0.717) is 23.8 Å². The van der Waals surface area contributed by atoms with Crippen LogP contribution in [0.1, 0.15) is 59.8 Å². The van der Waals surface area contributed by atoms with Crippen LogP contribution < -0.4 is 5.32 Å². The second-order valence-electron chi connectivity index (χ2n) is 10.8. The van der Waals surface area contributed by atoms with Crippen molar-refractivity contribution in [1.82, 2.24) is 10.2 Å². The molecule has 1 aliphatic heterocycles. The minimum atomic E-state index is 0.174. The fourth-order valence-electron chi connectivity index (χ4n) is 5.40. The quantitative estimate of drug-likeness (QED) is 0.294. The molecule has 1 heterocycles. The van der Waals surface area contributed by atoms with Gasteiger partial charge in [0.05, 0.1) is 5.38 Å². The summed E-state index contributed by atoms with van der Waals surface area (Å²) in [6, 6.07) is 0.550. The van der Waals surface area contributed by atoms with E-state index in [9.17, 15) is 0 Å². The van der Waals surface area contributed by atoms with E-state index >= 15 is 0 Å². The summed E-state index contributed by atoms with van der Waals surface area (Å²) in [5, 5.41) is 4.94. The minimum absolute atomic E-state index is 0.174. The van der Waals surface area contributed by atoms with Crippen molar-refractivity contribution in [1.29, 1.82) is 0 Å². The van der Waals surface area contributed by atoms with E-state index in [0.717, 1.165) is 37.5 Å². The Morgan fingerprint density at radius 1 is 1.16 bits per heavy atom. The molecule has 0 saturated carbocycles. The maximum absolute atomic E-state index is 6.25. The van der Waals surface area contributed by atoms with Gasteiger partial charge >= 0.3 is 0 Å². The Bertz CT molecular complexity index is 704. The smallest absolute Gasteiger partial charge is 0.0553 e. The number of likely N-dealkylation sites (tertiary alicyclic amines) is 1. The van der Waals surface area contributed by atoms with Crippen LogP contribution in [-0.4, -0.2) is 42.5 Å². The minimum Gasteiger partial charge on any atom is -0.312 e. The monoisotopic (exact) mass is 464 g/mol. The van der Waals surface area contributed by atoms with Gasteiger partial charge in [-0.2, -0.15) is 0 Å². The number of nitrogens with zero attached hydrogens (tertiary/aromatic N) is 1. The number of halogens is 2. The summed E-state index contributed by atoms with van der Waals surface area (Å²) >= 11 is 12.3. The van der Waals surface area contributed by atoms with Gasteiger partial charge in [-0.1, -0.05) is 69.7 Å². The van der Waals surface area contributed by atoms with Gasteiger partial charge in [-0.15, -0.1) is 11.6 Å². The SMILES string of the molecule is CC(C)[C@H](CN1CC[C@H](C2=CCC(Cl)C=C2)C(C)(C)C1)NCCCC1C=CC(Cl)=CC1. The first kappa shape index (κ1) is 25.1. The molecule has 31 heavy (non-hydrogen) atoms. The number of piperidine rings is 1. The zero-order valence-corrected chi connectivity index (χ0v) is 21.4. The highest BCUT2D eigenvalue weighted by atomic mass is 35.5. The Kier molecular flexibility index (Phi) is 9.35. The molecular weight excluding hydrogens is 423 g/mol. The molecule has 3 rings (SSSR count). The van der Waals surface area contributed by atoms with Crippen LogP contribution in [0.2, 0.25) is 0 Å². The van der Waals surface area contributed by atoms with Crippen LogP contribution in [0.3, 0.4) is 0 Å². The first-order valence-electron chi connectivity index (χ1n) is 12.3. The normalized spacial score (nSPS) is 29.7. The third-order valence-corrected chi connectivity index (χ3v) is 7.95. The van der Waals surface area contributed by atoms with Crippen molar-refractivity contribution >= 4 is 23.2 Å². The molecule has 0 aromatic carbocycles. The third-order valence-electron chi connectivity index (χ3n) is 7.35. The summed E-state index contributed by atoms with van der Waals surface area (Å²) < 4.78 is 0. The van der Waals surface area contributed by atoms with Crippen LogP contribution in [0, 0.1) is 23.2 Å². The number of nitrogens with one attached hydrogen (secondary N) is 1. The lowest BCUT2D eigenvalue weighted by Gasteiger charge is -2.46. The number of hydrogen-bond acceptors (Lipinski definition) is 2. The largest absolute Gasteiger partial charge is 0.312 e. The van der Waals surface area contributed by atoms with Crippen LogP contribution in [0.25, 0.3) is 0 Å². The van der Waals surface area contributed by atoms with Gasteiger partial charge in [-0.3, -0.25) is 0 Å². The molecule has 2 aliphatic carbocycles. The summed E-state index contributed by atoms with van der Waals surface area (Å²) in [6.07, 6.45) is 19.1. The molecule has 3 aliphatic rings. The van der Waals surface area contributed by atoms with E-state index in [-0.39, 0.29) is 10.8 Å². The first-order chi connectivity index (χ1) is 14.7. The second-order valence-corrected chi connectivity index (χ2v) is 11.8. The molecule has 2 nitrogen and oxygen atoms in total. The first-order valence-corrected chi connectivity index (χ1v) is 13.1. The number of hydrogen-bond donors (Lipinski definition) is 1. The molecule has 4 atom stereocenters. The molecular formula is C27H42Cl2N2. The Morgan fingerprint density at radius 3 is 2.58 bits per heavy atom. The Hall–Kier alpha value is -0.540. The fourth-order valence-corrected chi connectivity index (χ4v) is 5.73. The van der Waals surface area contributed by atoms with Crippen LogP contribution in [-0.2, 0) is 0 Å². The Balaban J connectivity index is 1.45. The molecule has 4 heteroatoms. The van der Waals surface area contributed by atoms with Crippen LogP contribution >= 0.6 is 23.2 Å². The van der Waals surface area contributed by atoms with E-state index in [1.807, 2.05) is 0 Å². The third kappa shape index (κ3) is 7.49. The highest BCUT2D eigenvalue weighted by molar-refractivity contribution is 6.31. The van der Waals surface area contributed by atoms with Crippen molar-refractivity contribution in [2.75, 3.05) is 26.2 Å². The summed E-state index contributed by atoms with van der Waals surface area (Å²) in [5.74, 6) is 1.93. The zero-order chi connectivity index (χ0) is 22.4. The van der Waals surface area contributed by atoms with E-state index in [1.54, 1.807) is 0 Å². The number of allylic oxidation sites excluding steroid dienone is 8. The maximum Gasteiger partial charge on any atom is 0.0553 e. The maximum atomic E-state index is 6.25. The molecule has 0 aromatic heterocycles. The summed E-state index contributed by atoms with van der Waals surface area (Å²) in [6.45, 7) is 14.2. The standard InChI is InChI=1S/C27H42Cl2N2/c1-20(2)26(30-16-5-6-21-7-11-23(28)12-8-21)18-31-17-15-25(27(3,4)19-31)22-9-13-24(29)14-10-22/h7,9-13,20-21,24-26,30H,5-6,8,14-19H2,1-4H3/t21?,24?,25-,26+/m1/s1. The lowest BCUT2D eigenvalue weighted by molar-refractivity contribution is 0.0632. The van der Waals surface area contributed by atoms with Gasteiger partial charge in [0.1, 0.15) is 0 Å². The predicted octanol–water partition coefficient (Wildman–Crippen LogP) is 6.92. The molecule has 1 N–H and O–H groups in total. The van der Waals surface area contributed by atoms with Gasteiger partial charge in [-0.25, -0.2) is 0 Å². The fraction of sp³-hybridized carbons (Fsp3) is 0.704. The average Bonchev–Trinajstić information content (AvgIpc) is 2.72. The van der Waals surface area contributed by atoms with Crippen molar-refractivity contribution in [3.05, 3.63) is 47.1 Å². The number of alkyl halides is 1.